The van der Waals surface area contributed by atoms with Crippen LogP contribution in [0.25, 0.3) is 0 Å². The lowest BCUT2D eigenvalue weighted by molar-refractivity contribution is -0.136. The number of carbonyl (C=O) groups is 2. The van der Waals surface area contributed by atoms with Crippen molar-refractivity contribution in [1.82, 2.24) is 15.1 Å². The summed E-state index contributed by atoms with van der Waals surface area (Å²) in [6.45, 7) is 8.96. The molecule has 0 atom stereocenters. The van der Waals surface area contributed by atoms with Crippen LogP contribution >= 0.6 is 0 Å². The van der Waals surface area contributed by atoms with Gasteiger partial charge in [0.1, 0.15) is 5.75 Å². The molecule has 3 N–H and O–H groups in total. The Balaban J connectivity index is 1.89. The number of benzene rings is 1. The van der Waals surface area contributed by atoms with Crippen LogP contribution in [0.1, 0.15) is 30.8 Å². The molecule has 26 heavy (non-hydrogen) atoms. The number of carbonyl (C=O) groups excluding carboxylic acids is 2. The number of nitrogens with one attached hydrogen (secondary N) is 2. The van der Waals surface area contributed by atoms with Crippen molar-refractivity contribution in [2.45, 2.75) is 40.7 Å². The molecule has 1 aromatic heterocycles. The Labute approximate surface area is 153 Å². The van der Waals surface area contributed by atoms with Crippen LogP contribution in [0.5, 0.6) is 5.75 Å². The van der Waals surface area contributed by atoms with Crippen molar-refractivity contribution < 1.29 is 14.7 Å². The van der Waals surface area contributed by atoms with Crippen LogP contribution in [0, 0.1) is 19.8 Å². The first kappa shape index (κ1) is 19.5. The van der Waals surface area contributed by atoms with E-state index in [2.05, 4.69) is 29.6 Å². The van der Waals surface area contributed by atoms with Gasteiger partial charge in [-0.05, 0) is 43.9 Å². The highest BCUT2D eigenvalue weighted by Crippen LogP contribution is 2.20. The number of aromatic nitrogens is 2. The number of aryl methyl sites for hydroxylation is 1. The summed E-state index contributed by atoms with van der Waals surface area (Å²) in [6.07, 6.45) is 0.573. The SMILES string of the molecule is Cc1nn(CC(C)C)c(C)c1NC(=O)C(=O)NCCc1ccc(O)cc1. The number of amides is 2. The first-order valence-electron chi connectivity index (χ1n) is 8.69. The zero-order valence-corrected chi connectivity index (χ0v) is 15.7. The summed E-state index contributed by atoms with van der Waals surface area (Å²) in [7, 11) is 0. The lowest BCUT2D eigenvalue weighted by Gasteiger charge is -2.09. The topological polar surface area (TPSA) is 96.2 Å². The maximum atomic E-state index is 12.1. The molecule has 0 spiro atoms. The molecule has 2 aromatic rings. The standard InChI is InChI=1S/C19H26N4O3/c1-12(2)11-23-14(4)17(13(3)22-23)21-19(26)18(25)20-10-9-15-5-7-16(24)8-6-15/h5-8,12,24H,9-11H2,1-4H3,(H,20,25)(H,21,26). The van der Waals surface area contributed by atoms with Crippen molar-refractivity contribution in [3.8, 4) is 5.75 Å². The van der Waals surface area contributed by atoms with E-state index in [0.717, 1.165) is 17.8 Å². The third-order valence-electron chi connectivity index (χ3n) is 4.00. The van der Waals surface area contributed by atoms with Crippen LogP contribution in [-0.2, 0) is 22.6 Å². The molecule has 0 saturated heterocycles. The molecule has 1 heterocycles. The summed E-state index contributed by atoms with van der Waals surface area (Å²) in [6, 6.07) is 6.73. The Hall–Kier alpha value is -2.83. The molecule has 0 aliphatic carbocycles. The zero-order chi connectivity index (χ0) is 19.3. The smallest absolute Gasteiger partial charge is 0.313 e. The number of nitrogens with zero attached hydrogens (tertiary/aromatic N) is 2. The molecule has 140 valence electrons. The summed E-state index contributed by atoms with van der Waals surface area (Å²) in [5.41, 5.74) is 3.07. The van der Waals surface area contributed by atoms with Gasteiger partial charge in [0.15, 0.2) is 0 Å². The minimum Gasteiger partial charge on any atom is -0.508 e. The summed E-state index contributed by atoms with van der Waals surface area (Å²) < 4.78 is 1.85. The van der Waals surface area contributed by atoms with Crippen LogP contribution in [0.15, 0.2) is 24.3 Å². The van der Waals surface area contributed by atoms with E-state index >= 15 is 0 Å². The molecule has 0 aliphatic rings. The molecule has 0 bridgehead atoms. The van der Waals surface area contributed by atoms with Gasteiger partial charge < -0.3 is 15.7 Å². The van der Waals surface area contributed by atoms with Gasteiger partial charge in [0.05, 0.1) is 17.1 Å². The molecule has 7 nitrogen and oxygen atoms in total. The highest BCUT2D eigenvalue weighted by molar-refractivity contribution is 6.39. The molecule has 0 fully saturated rings. The van der Waals surface area contributed by atoms with E-state index in [1.54, 1.807) is 24.3 Å². The monoisotopic (exact) mass is 358 g/mol. The Bertz CT molecular complexity index is 779. The first-order chi connectivity index (χ1) is 12.3. The second-order valence-electron chi connectivity index (χ2n) is 6.75. The van der Waals surface area contributed by atoms with Crippen LogP contribution in [0.3, 0.4) is 0 Å². The van der Waals surface area contributed by atoms with E-state index in [9.17, 15) is 14.7 Å². The number of aromatic hydroxyl groups is 1. The summed E-state index contributed by atoms with van der Waals surface area (Å²) in [4.78, 5) is 24.2. The van der Waals surface area contributed by atoms with Crippen LogP contribution in [0.2, 0.25) is 0 Å². The van der Waals surface area contributed by atoms with Crippen LogP contribution in [0.4, 0.5) is 5.69 Å². The Kier molecular flexibility index (Phi) is 6.38. The highest BCUT2D eigenvalue weighted by atomic mass is 16.3. The van der Waals surface area contributed by atoms with Crippen LogP contribution < -0.4 is 10.6 Å². The average molecular weight is 358 g/mol. The molecule has 0 unspecified atom stereocenters. The van der Waals surface area contributed by atoms with Gasteiger partial charge in [0.2, 0.25) is 0 Å². The second kappa shape index (κ2) is 8.51. The second-order valence-corrected chi connectivity index (χ2v) is 6.75. The van der Waals surface area contributed by atoms with Gasteiger partial charge in [-0.15, -0.1) is 0 Å². The summed E-state index contributed by atoms with van der Waals surface area (Å²) >= 11 is 0. The van der Waals surface area contributed by atoms with E-state index in [0.29, 0.717) is 30.3 Å². The molecule has 0 saturated carbocycles. The third-order valence-corrected chi connectivity index (χ3v) is 4.00. The van der Waals surface area contributed by atoms with Crippen LogP contribution in [-0.4, -0.2) is 33.2 Å². The van der Waals surface area contributed by atoms with Crippen molar-refractivity contribution in [2.24, 2.45) is 5.92 Å². The van der Waals surface area contributed by atoms with Crippen molar-refractivity contribution in [1.29, 1.82) is 0 Å². The van der Waals surface area contributed by atoms with Crippen molar-refractivity contribution >= 4 is 17.5 Å². The Morgan fingerprint density at radius 1 is 1.15 bits per heavy atom. The third kappa shape index (κ3) is 5.08. The number of hydrogen-bond acceptors (Lipinski definition) is 4. The predicted molar refractivity (Wildman–Crippen MR) is 100.0 cm³/mol. The molecule has 7 heteroatoms. The number of anilines is 1. The predicted octanol–water partition coefficient (Wildman–Crippen LogP) is 2.16. The number of phenols is 1. The molecular formula is C19H26N4O3. The van der Waals surface area contributed by atoms with Gasteiger partial charge in [-0.2, -0.15) is 5.10 Å². The maximum absolute atomic E-state index is 12.1. The summed E-state index contributed by atoms with van der Waals surface area (Å²) in [5, 5.41) is 18.9. The fourth-order valence-corrected chi connectivity index (χ4v) is 2.64. The fourth-order valence-electron chi connectivity index (χ4n) is 2.64. The fraction of sp³-hybridized carbons (Fsp3) is 0.421. The quantitative estimate of drug-likeness (QED) is 0.690. The Morgan fingerprint density at radius 3 is 2.42 bits per heavy atom. The number of phenolic OH excluding ortho intramolecular Hbond substituents is 1. The van der Waals surface area contributed by atoms with E-state index in [1.807, 2.05) is 18.5 Å². The molecule has 2 amide bonds. The summed E-state index contributed by atoms with van der Waals surface area (Å²) in [5.74, 6) is -0.758. The molecular weight excluding hydrogens is 332 g/mol. The highest BCUT2D eigenvalue weighted by Gasteiger charge is 2.19. The minimum absolute atomic E-state index is 0.195. The number of rotatable bonds is 6. The van der Waals surface area contributed by atoms with E-state index in [4.69, 9.17) is 0 Å². The van der Waals surface area contributed by atoms with E-state index in [1.165, 1.54) is 0 Å². The normalized spacial score (nSPS) is 10.8. The largest absolute Gasteiger partial charge is 0.508 e. The van der Waals surface area contributed by atoms with Crippen molar-refractivity contribution in [3.63, 3.8) is 0 Å². The first-order valence-corrected chi connectivity index (χ1v) is 8.69. The van der Waals surface area contributed by atoms with Gasteiger partial charge >= 0.3 is 11.8 Å². The lowest BCUT2D eigenvalue weighted by Crippen LogP contribution is -2.36. The zero-order valence-electron chi connectivity index (χ0n) is 15.7. The van der Waals surface area contributed by atoms with Gasteiger partial charge in [-0.1, -0.05) is 26.0 Å². The molecule has 1 aromatic carbocycles. The maximum Gasteiger partial charge on any atom is 0.313 e. The molecule has 0 radical (unpaired) electrons. The van der Waals surface area contributed by atoms with E-state index < -0.39 is 11.8 Å². The lowest BCUT2D eigenvalue weighted by atomic mass is 10.1. The van der Waals surface area contributed by atoms with E-state index in [-0.39, 0.29) is 5.75 Å². The van der Waals surface area contributed by atoms with Gasteiger partial charge in [0.25, 0.3) is 0 Å². The minimum atomic E-state index is -0.703. The van der Waals surface area contributed by atoms with Crippen molar-refractivity contribution in [2.75, 3.05) is 11.9 Å². The Morgan fingerprint density at radius 2 is 1.81 bits per heavy atom. The van der Waals surface area contributed by atoms with Crippen molar-refractivity contribution in [3.05, 3.63) is 41.2 Å². The van der Waals surface area contributed by atoms with Gasteiger partial charge in [0, 0.05) is 13.1 Å². The average Bonchev–Trinajstić information content (AvgIpc) is 2.83. The number of hydrogen-bond donors (Lipinski definition) is 3. The molecule has 0 aliphatic heterocycles. The van der Waals surface area contributed by atoms with Gasteiger partial charge in [-0.3, -0.25) is 14.3 Å². The molecule has 2 rings (SSSR count). The van der Waals surface area contributed by atoms with Gasteiger partial charge in [-0.25, -0.2) is 0 Å².